The zero-order chi connectivity index (χ0) is 15.0. The molecule has 1 fully saturated rings. The number of carboxylic acid groups (broad SMARTS) is 1. The standard InChI is InChI=1S/C13H15F3N2O2/c1-12(11(19)20)7-2-3-8-18(12)10-6-4-5-9(17-10)13(14,15)16/h4-6H,2-3,7-8H2,1H3,(H,19,20). The van der Waals surface area contributed by atoms with Crippen LogP contribution in [0.2, 0.25) is 0 Å². The second-order valence-electron chi connectivity index (χ2n) is 5.07. The lowest BCUT2D eigenvalue weighted by Crippen LogP contribution is -2.55. The molecular weight excluding hydrogens is 273 g/mol. The van der Waals surface area contributed by atoms with E-state index in [2.05, 4.69) is 4.98 Å². The minimum Gasteiger partial charge on any atom is -0.480 e. The van der Waals surface area contributed by atoms with Crippen molar-refractivity contribution in [3.05, 3.63) is 23.9 Å². The second-order valence-corrected chi connectivity index (χ2v) is 5.07. The number of aromatic nitrogens is 1. The zero-order valence-electron chi connectivity index (χ0n) is 10.9. The van der Waals surface area contributed by atoms with Crippen molar-refractivity contribution >= 4 is 11.8 Å². The average Bonchev–Trinajstić information content (AvgIpc) is 2.38. The van der Waals surface area contributed by atoms with Crippen molar-refractivity contribution in [3.63, 3.8) is 0 Å². The Morgan fingerprint density at radius 1 is 1.40 bits per heavy atom. The molecular formula is C13H15F3N2O2. The Hall–Kier alpha value is -1.79. The number of pyridine rings is 1. The number of alkyl halides is 3. The van der Waals surface area contributed by atoms with Gasteiger partial charge in [-0.05, 0) is 38.3 Å². The summed E-state index contributed by atoms with van der Waals surface area (Å²) in [5.41, 5.74) is -2.22. The van der Waals surface area contributed by atoms with Crippen LogP contribution in [0.1, 0.15) is 31.9 Å². The lowest BCUT2D eigenvalue weighted by molar-refractivity contribution is -0.143. The van der Waals surface area contributed by atoms with Crippen LogP contribution >= 0.6 is 0 Å². The van der Waals surface area contributed by atoms with Gasteiger partial charge in [0, 0.05) is 6.54 Å². The zero-order valence-corrected chi connectivity index (χ0v) is 10.9. The molecule has 7 heteroatoms. The molecule has 0 amide bonds. The minimum atomic E-state index is -4.54. The Balaban J connectivity index is 2.41. The Kier molecular flexibility index (Phi) is 3.62. The van der Waals surface area contributed by atoms with Crippen LogP contribution in [0.4, 0.5) is 19.0 Å². The molecule has 4 nitrogen and oxygen atoms in total. The van der Waals surface area contributed by atoms with Crippen LogP contribution in [0.3, 0.4) is 0 Å². The highest BCUT2D eigenvalue weighted by Crippen LogP contribution is 2.34. The largest absolute Gasteiger partial charge is 0.480 e. The van der Waals surface area contributed by atoms with E-state index in [1.165, 1.54) is 24.0 Å². The average molecular weight is 288 g/mol. The maximum absolute atomic E-state index is 12.7. The van der Waals surface area contributed by atoms with Crippen molar-refractivity contribution in [2.45, 2.75) is 37.9 Å². The van der Waals surface area contributed by atoms with Gasteiger partial charge in [-0.25, -0.2) is 9.78 Å². The first-order valence-corrected chi connectivity index (χ1v) is 6.30. The fourth-order valence-electron chi connectivity index (χ4n) is 2.44. The van der Waals surface area contributed by atoms with Gasteiger partial charge in [-0.15, -0.1) is 0 Å². The summed E-state index contributed by atoms with van der Waals surface area (Å²) in [4.78, 5) is 16.5. The summed E-state index contributed by atoms with van der Waals surface area (Å²) in [6.07, 6.45) is -2.68. The summed E-state index contributed by atoms with van der Waals surface area (Å²) < 4.78 is 38.1. The van der Waals surface area contributed by atoms with Crippen LogP contribution in [0, 0.1) is 0 Å². The predicted molar refractivity (Wildman–Crippen MR) is 66.5 cm³/mol. The summed E-state index contributed by atoms with van der Waals surface area (Å²) in [7, 11) is 0. The van der Waals surface area contributed by atoms with Gasteiger partial charge in [0.05, 0.1) is 0 Å². The van der Waals surface area contributed by atoms with Crippen LogP contribution < -0.4 is 4.90 Å². The quantitative estimate of drug-likeness (QED) is 0.909. The van der Waals surface area contributed by atoms with Crippen molar-refractivity contribution in [1.82, 2.24) is 4.98 Å². The number of hydrogen-bond donors (Lipinski definition) is 1. The van der Waals surface area contributed by atoms with Gasteiger partial charge in [0.2, 0.25) is 0 Å². The van der Waals surface area contributed by atoms with Gasteiger partial charge in [-0.2, -0.15) is 13.2 Å². The van der Waals surface area contributed by atoms with Crippen LogP contribution in [0.25, 0.3) is 0 Å². The van der Waals surface area contributed by atoms with Crippen LogP contribution in [0.5, 0.6) is 0 Å². The Morgan fingerprint density at radius 2 is 2.10 bits per heavy atom. The van der Waals surface area contributed by atoms with Crippen molar-refractivity contribution in [3.8, 4) is 0 Å². The summed E-state index contributed by atoms with van der Waals surface area (Å²) >= 11 is 0. The number of halogens is 3. The first-order chi connectivity index (χ1) is 9.25. The number of carbonyl (C=O) groups is 1. The molecule has 1 saturated heterocycles. The molecule has 0 saturated carbocycles. The molecule has 0 aromatic carbocycles. The minimum absolute atomic E-state index is 0.0597. The number of carboxylic acids is 1. The highest BCUT2D eigenvalue weighted by Gasteiger charge is 2.42. The predicted octanol–water partition coefficient (Wildman–Crippen LogP) is 2.93. The molecule has 1 aliphatic rings. The lowest BCUT2D eigenvalue weighted by atomic mass is 9.88. The van der Waals surface area contributed by atoms with Crippen LogP contribution in [-0.2, 0) is 11.0 Å². The molecule has 1 aromatic heterocycles. The number of aliphatic carboxylic acids is 1. The summed E-state index contributed by atoms with van der Waals surface area (Å²) in [6, 6.07) is 3.55. The Morgan fingerprint density at radius 3 is 2.70 bits per heavy atom. The normalized spacial score (nSPS) is 23.7. The summed E-state index contributed by atoms with van der Waals surface area (Å²) in [6.45, 7) is 1.91. The highest BCUT2D eigenvalue weighted by molar-refractivity contribution is 5.83. The molecule has 0 spiro atoms. The number of rotatable bonds is 2. The van der Waals surface area contributed by atoms with E-state index < -0.39 is 23.4 Å². The summed E-state index contributed by atoms with van der Waals surface area (Å²) in [5, 5.41) is 9.37. The molecule has 0 bridgehead atoms. The first kappa shape index (κ1) is 14.6. The van der Waals surface area contributed by atoms with Gasteiger partial charge in [0.25, 0.3) is 0 Å². The van der Waals surface area contributed by atoms with E-state index in [9.17, 15) is 23.1 Å². The van der Waals surface area contributed by atoms with E-state index >= 15 is 0 Å². The smallest absolute Gasteiger partial charge is 0.433 e. The fraction of sp³-hybridized carbons (Fsp3) is 0.538. The van der Waals surface area contributed by atoms with E-state index in [4.69, 9.17) is 0 Å². The van der Waals surface area contributed by atoms with Gasteiger partial charge in [0.1, 0.15) is 17.1 Å². The third-order valence-corrected chi connectivity index (χ3v) is 3.65. The maximum atomic E-state index is 12.7. The van der Waals surface area contributed by atoms with E-state index in [0.29, 0.717) is 13.0 Å². The van der Waals surface area contributed by atoms with E-state index in [1.807, 2.05) is 0 Å². The lowest BCUT2D eigenvalue weighted by Gasteiger charge is -2.42. The molecule has 1 unspecified atom stereocenters. The van der Waals surface area contributed by atoms with Crippen molar-refractivity contribution in [1.29, 1.82) is 0 Å². The molecule has 20 heavy (non-hydrogen) atoms. The van der Waals surface area contributed by atoms with Crippen molar-refractivity contribution in [2.24, 2.45) is 0 Å². The van der Waals surface area contributed by atoms with Gasteiger partial charge >= 0.3 is 12.1 Å². The van der Waals surface area contributed by atoms with E-state index in [0.717, 1.165) is 18.9 Å². The van der Waals surface area contributed by atoms with Crippen LogP contribution in [-0.4, -0.2) is 28.1 Å². The number of piperidine rings is 1. The SMILES string of the molecule is CC1(C(=O)O)CCCCN1c1cccc(C(F)(F)F)n1. The monoisotopic (exact) mass is 288 g/mol. The third kappa shape index (κ3) is 2.57. The first-order valence-electron chi connectivity index (χ1n) is 6.30. The fourth-order valence-corrected chi connectivity index (χ4v) is 2.44. The molecule has 1 aliphatic heterocycles. The molecule has 1 N–H and O–H groups in total. The van der Waals surface area contributed by atoms with Crippen LogP contribution in [0.15, 0.2) is 18.2 Å². The van der Waals surface area contributed by atoms with E-state index in [1.54, 1.807) is 0 Å². The number of hydrogen-bond acceptors (Lipinski definition) is 3. The molecule has 0 radical (unpaired) electrons. The molecule has 0 aliphatic carbocycles. The Bertz CT molecular complexity index is 519. The number of anilines is 1. The van der Waals surface area contributed by atoms with Gasteiger partial charge in [0.15, 0.2) is 0 Å². The maximum Gasteiger partial charge on any atom is 0.433 e. The van der Waals surface area contributed by atoms with Gasteiger partial charge < -0.3 is 10.0 Å². The molecule has 2 rings (SSSR count). The molecule has 110 valence electrons. The van der Waals surface area contributed by atoms with Gasteiger partial charge in [-0.1, -0.05) is 6.07 Å². The Labute approximate surface area is 114 Å². The molecule has 2 heterocycles. The number of nitrogens with zero attached hydrogens (tertiary/aromatic N) is 2. The third-order valence-electron chi connectivity index (χ3n) is 3.65. The van der Waals surface area contributed by atoms with Crippen molar-refractivity contribution < 1.29 is 23.1 Å². The van der Waals surface area contributed by atoms with Gasteiger partial charge in [-0.3, -0.25) is 0 Å². The topological polar surface area (TPSA) is 53.4 Å². The van der Waals surface area contributed by atoms with E-state index in [-0.39, 0.29) is 5.82 Å². The molecule has 1 atom stereocenters. The summed E-state index contributed by atoms with van der Waals surface area (Å²) in [5.74, 6) is -0.985. The molecule has 1 aromatic rings. The van der Waals surface area contributed by atoms with Crippen molar-refractivity contribution in [2.75, 3.05) is 11.4 Å². The second kappa shape index (κ2) is 4.96. The highest BCUT2D eigenvalue weighted by atomic mass is 19.4.